The molecule has 0 fully saturated rings. The zero-order valence-electron chi connectivity index (χ0n) is 11.7. The Morgan fingerprint density at radius 1 is 1.10 bits per heavy atom. The van der Waals surface area contributed by atoms with Crippen LogP contribution in [0.15, 0.2) is 54.6 Å². The molecular weight excluding hydrogens is 264 g/mol. The van der Waals surface area contributed by atoms with Crippen molar-refractivity contribution in [2.75, 3.05) is 18.1 Å². The van der Waals surface area contributed by atoms with E-state index in [-0.39, 0.29) is 5.91 Å². The summed E-state index contributed by atoms with van der Waals surface area (Å²) in [7, 11) is 0. The second-order valence-corrected chi connectivity index (χ2v) is 5.05. The zero-order chi connectivity index (χ0) is 14.7. The van der Waals surface area contributed by atoms with Gasteiger partial charge in [0.2, 0.25) is 5.91 Å². The Kier molecular flexibility index (Phi) is 3.88. The standard InChI is InChI=1S/C17H18N2O2/c18-16(13-7-2-1-3-8-13)17(20)19-11-6-12-21-15-10-5-4-9-14(15)19/h1-5,7-10,16H,6,11-12,18H2. The molecule has 1 heterocycles. The lowest BCUT2D eigenvalue weighted by molar-refractivity contribution is -0.120. The average Bonchev–Trinajstić information content (AvgIpc) is 2.77. The molecule has 2 N–H and O–H groups in total. The summed E-state index contributed by atoms with van der Waals surface area (Å²) < 4.78 is 5.68. The molecule has 2 aromatic carbocycles. The van der Waals surface area contributed by atoms with Gasteiger partial charge >= 0.3 is 0 Å². The van der Waals surface area contributed by atoms with Crippen molar-refractivity contribution in [1.82, 2.24) is 0 Å². The molecule has 108 valence electrons. The van der Waals surface area contributed by atoms with E-state index < -0.39 is 6.04 Å². The molecule has 0 spiro atoms. The molecule has 1 amide bonds. The summed E-state index contributed by atoms with van der Waals surface area (Å²) in [5, 5.41) is 0. The van der Waals surface area contributed by atoms with Crippen LogP contribution in [0.5, 0.6) is 5.75 Å². The molecule has 1 unspecified atom stereocenters. The fraction of sp³-hybridized carbons (Fsp3) is 0.235. The highest BCUT2D eigenvalue weighted by atomic mass is 16.5. The van der Waals surface area contributed by atoms with Crippen LogP contribution in [-0.2, 0) is 4.79 Å². The fourth-order valence-corrected chi connectivity index (χ4v) is 2.53. The molecule has 2 aromatic rings. The Morgan fingerprint density at radius 2 is 1.81 bits per heavy atom. The van der Waals surface area contributed by atoms with Gasteiger partial charge in [0.15, 0.2) is 0 Å². The smallest absolute Gasteiger partial charge is 0.248 e. The molecule has 0 saturated heterocycles. The molecule has 4 heteroatoms. The first-order valence-corrected chi connectivity index (χ1v) is 7.11. The second-order valence-electron chi connectivity index (χ2n) is 5.05. The van der Waals surface area contributed by atoms with Crippen LogP contribution < -0.4 is 15.4 Å². The third kappa shape index (κ3) is 2.76. The van der Waals surface area contributed by atoms with Crippen LogP contribution in [0.4, 0.5) is 5.69 Å². The van der Waals surface area contributed by atoms with E-state index in [1.807, 2.05) is 54.6 Å². The minimum atomic E-state index is -0.655. The Bertz CT molecular complexity index is 628. The van der Waals surface area contributed by atoms with E-state index in [4.69, 9.17) is 10.5 Å². The van der Waals surface area contributed by atoms with Crippen molar-refractivity contribution in [2.45, 2.75) is 12.5 Å². The number of nitrogens with zero attached hydrogens (tertiary/aromatic N) is 1. The number of nitrogens with two attached hydrogens (primary N) is 1. The van der Waals surface area contributed by atoms with Crippen LogP contribution in [0.1, 0.15) is 18.0 Å². The molecule has 0 bridgehead atoms. The van der Waals surface area contributed by atoms with Crippen LogP contribution >= 0.6 is 0 Å². The monoisotopic (exact) mass is 282 g/mol. The van der Waals surface area contributed by atoms with E-state index >= 15 is 0 Å². The lowest BCUT2D eigenvalue weighted by Crippen LogP contribution is -2.39. The quantitative estimate of drug-likeness (QED) is 0.920. The predicted octanol–water partition coefficient (Wildman–Crippen LogP) is 2.50. The number of rotatable bonds is 2. The van der Waals surface area contributed by atoms with Gasteiger partial charge in [-0.1, -0.05) is 42.5 Å². The number of para-hydroxylation sites is 2. The maximum Gasteiger partial charge on any atom is 0.248 e. The van der Waals surface area contributed by atoms with Gasteiger partial charge in [0, 0.05) is 6.54 Å². The van der Waals surface area contributed by atoms with Crippen LogP contribution in [0.25, 0.3) is 0 Å². The molecule has 1 atom stereocenters. The zero-order valence-corrected chi connectivity index (χ0v) is 11.7. The third-order valence-corrected chi connectivity index (χ3v) is 3.63. The maximum atomic E-state index is 12.8. The molecule has 3 rings (SSSR count). The summed E-state index contributed by atoms with van der Waals surface area (Å²) in [5.41, 5.74) is 7.77. The van der Waals surface area contributed by atoms with Gasteiger partial charge in [0.25, 0.3) is 0 Å². The number of anilines is 1. The summed E-state index contributed by atoms with van der Waals surface area (Å²) in [6, 6.07) is 16.4. The lowest BCUT2D eigenvalue weighted by atomic mass is 10.1. The summed E-state index contributed by atoms with van der Waals surface area (Å²) in [4.78, 5) is 14.5. The number of amides is 1. The molecule has 1 aliphatic rings. The minimum absolute atomic E-state index is 0.0980. The number of ether oxygens (including phenoxy) is 1. The number of fused-ring (bicyclic) bond motifs is 1. The van der Waals surface area contributed by atoms with Crippen molar-refractivity contribution in [3.63, 3.8) is 0 Å². The van der Waals surface area contributed by atoms with E-state index in [2.05, 4.69) is 0 Å². The van der Waals surface area contributed by atoms with Gasteiger partial charge in [-0.2, -0.15) is 0 Å². The number of carbonyl (C=O) groups is 1. The minimum Gasteiger partial charge on any atom is -0.491 e. The van der Waals surface area contributed by atoms with Crippen LogP contribution in [0.2, 0.25) is 0 Å². The van der Waals surface area contributed by atoms with Crippen LogP contribution in [0, 0.1) is 0 Å². The van der Waals surface area contributed by atoms with E-state index in [0.29, 0.717) is 13.2 Å². The Balaban J connectivity index is 1.91. The van der Waals surface area contributed by atoms with Gasteiger partial charge in [-0.05, 0) is 24.1 Å². The SMILES string of the molecule is NC(C(=O)N1CCCOc2ccccc21)c1ccccc1. The molecule has 0 radical (unpaired) electrons. The lowest BCUT2D eigenvalue weighted by Gasteiger charge is -2.25. The van der Waals surface area contributed by atoms with Crippen LogP contribution in [-0.4, -0.2) is 19.1 Å². The van der Waals surface area contributed by atoms with Crippen molar-refractivity contribution in [3.8, 4) is 5.75 Å². The van der Waals surface area contributed by atoms with Gasteiger partial charge in [0.05, 0.1) is 12.3 Å². The summed E-state index contributed by atoms with van der Waals surface area (Å²) in [5.74, 6) is 0.641. The van der Waals surface area contributed by atoms with E-state index in [0.717, 1.165) is 23.4 Å². The summed E-state index contributed by atoms with van der Waals surface area (Å²) >= 11 is 0. The number of hydrogen-bond acceptors (Lipinski definition) is 3. The Hall–Kier alpha value is -2.33. The van der Waals surface area contributed by atoms with Crippen molar-refractivity contribution in [2.24, 2.45) is 5.73 Å². The van der Waals surface area contributed by atoms with Gasteiger partial charge in [0.1, 0.15) is 11.8 Å². The van der Waals surface area contributed by atoms with Crippen molar-refractivity contribution in [3.05, 3.63) is 60.2 Å². The van der Waals surface area contributed by atoms with E-state index in [1.165, 1.54) is 0 Å². The first kappa shape index (κ1) is 13.6. The highest BCUT2D eigenvalue weighted by molar-refractivity contribution is 5.99. The van der Waals surface area contributed by atoms with Crippen molar-refractivity contribution in [1.29, 1.82) is 0 Å². The average molecular weight is 282 g/mol. The molecule has 0 aliphatic carbocycles. The number of hydrogen-bond donors (Lipinski definition) is 1. The van der Waals surface area contributed by atoms with E-state index in [1.54, 1.807) is 4.90 Å². The molecule has 4 nitrogen and oxygen atoms in total. The normalized spacial score (nSPS) is 15.6. The van der Waals surface area contributed by atoms with E-state index in [9.17, 15) is 4.79 Å². The summed E-state index contributed by atoms with van der Waals surface area (Å²) in [6.07, 6.45) is 0.794. The summed E-state index contributed by atoms with van der Waals surface area (Å²) in [6.45, 7) is 1.23. The van der Waals surface area contributed by atoms with Crippen LogP contribution in [0.3, 0.4) is 0 Å². The van der Waals surface area contributed by atoms with Gasteiger partial charge in [-0.15, -0.1) is 0 Å². The van der Waals surface area contributed by atoms with Crippen molar-refractivity contribution < 1.29 is 9.53 Å². The van der Waals surface area contributed by atoms with Gasteiger partial charge in [-0.3, -0.25) is 4.79 Å². The molecule has 21 heavy (non-hydrogen) atoms. The topological polar surface area (TPSA) is 55.6 Å². The number of benzene rings is 2. The molecule has 0 saturated carbocycles. The predicted molar refractivity (Wildman–Crippen MR) is 82.3 cm³/mol. The highest BCUT2D eigenvalue weighted by Crippen LogP contribution is 2.32. The largest absolute Gasteiger partial charge is 0.491 e. The molecule has 1 aliphatic heterocycles. The second kappa shape index (κ2) is 5.97. The molecular formula is C17H18N2O2. The first-order valence-electron chi connectivity index (χ1n) is 7.11. The number of carbonyl (C=O) groups excluding carboxylic acids is 1. The first-order chi connectivity index (χ1) is 10.3. The highest BCUT2D eigenvalue weighted by Gasteiger charge is 2.26. The van der Waals surface area contributed by atoms with Gasteiger partial charge < -0.3 is 15.4 Å². The third-order valence-electron chi connectivity index (χ3n) is 3.63. The van der Waals surface area contributed by atoms with Gasteiger partial charge in [-0.25, -0.2) is 0 Å². The maximum absolute atomic E-state index is 12.8. The Morgan fingerprint density at radius 3 is 2.62 bits per heavy atom. The van der Waals surface area contributed by atoms with Crippen molar-refractivity contribution >= 4 is 11.6 Å². The Labute approximate surface area is 124 Å². The molecule has 0 aromatic heterocycles. The fourth-order valence-electron chi connectivity index (χ4n) is 2.53.